The summed E-state index contributed by atoms with van der Waals surface area (Å²) in [6.07, 6.45) is 3.23. The van der Waals surface area contributed by atoms with Gasteiger partial charge in [-0.2, -0.15) is 0 Å². The first-order valence-electron chi connectivity index (χ1n) is 4.46. The molecule has 0 aliphatic heterocycles. The van der Waals surface area contributed by atoms with Gasteiger partial charge in [-0.3, -0.25) is 4.98 Å². The topological polar surface area (TPSA) is 25.8 Å². The number of hydrogen-bond acceptors (Lipinski definition) is 3. The van der Waals surface area contributed by atoms with E-state index in [4.69, 9.17) is 11.6 Å². The van der Waals surface area contributed by atoms with Gasteiger partial charge in [0.05, 0.1) is 12.4 Å². The van der Waals surface area contributed by atoms with Crippen molar-refractivity contribution in [1.29, 1.82) is 0 Å². The molecule has 0 fully saturated rings. The predicted octanol–water partition coefficient (Wildman–Crippen LogP) is 3.59. The minimum absolute atomic E-state index is 0.423. The largest absolute Gasteiger partial charge is 0.259 e. The number of aromatic nitrogens is 2. The van der Waals surface area contributed by atoms with Crippen molar-refractivity contribution in [3.05, 3.63) is 47.4 Å². The van der Waals surface area contributed by atoms with Crippen molar-refractivity contribution in [2.24, 2.45) is 0 Å². The summed E-state index contributed by atoms with van der Waals surface area (Å²) in [7, 11) is 0. The lowest BCUT2D eigenvalue weighted by atomic mass is 10.2. The summed E-state index contributed by atoms with van der Waals surface area (Å²) in [5.74, 6) is 0. The van der Waals surface area contributed by atoms with Gasteiger partial charge in [-0.1, -0.05) is 41.1 Å². The Labute approximate surface area is 97.7 Å². The fourth-order valence-electron chi connectivity index (χ4n) is 1.10. The van der Waals surface area contributed by atoms with Crippen LogP contribution in [-0.2, 0) is 0 Å². The summed E-state index contributed by atoms with van der Waals surface area (Å²) in [6.45, 7) is 2.06. The van der Waals surface area contributed by atoms with Crippen LogP contribution in [0, 0.1) is 6.92 Å². The predicted molar refractivity (Wildman–Crippen MR) is 62.3 cm³/mol. The molecule has 0 spiro atoms. The minimum atomic E-state index is 0.423. The zero-order valence-electron chi connectivity index (χ0n) is 8.14. The zero-order chi connectivity index (χ0) is 10.7. The second-order valence-corrected chi connectivity index (χ2v) is 4.58. The Morgan fingerprint density at radius 2 is 1.87 bits per heavy atom. The molecule has 0 bridgehead atoms. The van der Waals surface area contributed by atoms with Crippen LogP contribution >= 0.6 is 23.4 Å². The number of benzene rings is 1. The van der Waals surface area contributed by atoms with Crippen molar-refractivity contribution < 1.29 is 0 Å². The van der Waals surface area contributed by atoms with Crippen LogP contribution in [0.1, 0.15) is 5.56 Å². The standard InChI is InChI=1S/C11H9ClN2S/c1-8-2-4-9(5-3-8)15-11-7-13-6-10(12)14-11/h2-7H,1H3. The Morgan fingerprint density at radius 1 is 1.13 bits per heavy atom. The van der Waals surface area contributed by atoms with Gasteiger partial charge in [-0.15, -0.1) is 0 Å². The summed E-state index contributed by atoms with van der Waals surface area (Å²) in [6, 6.07) is 8.26. The molecule has 1 heterocycles. The third kappa shape index (κ3) is 2.94. The lowest BCUT2D eigenvalue weighted by Gasteiger charge is -2.00. The van der Waals surface area contributed by atoms with Crippen LogP contribution in [0.25, 0.3) is 0 Å². The number of nitrogens with zero attached hydrogens (tertiary/aromatic N) is 2. The Bertz CT molecular complexity index is 456. The van der Waals surface area contributed by atoms with E-state index < -0.39 is 0 Å². The Balaban J connectivity index is 2.18. The molecule has 0 radical (unpaired) electrons. The third-order valence-corrected chi connectivity index (χ3v) is 2.92. The maximum atomic E-state index is 5.75. The van der Waals surface area contributed by atoms with E-state index in [9.17, 15) is 0 Å². The number of aryl methyl sites for hydroxylation is 1. The highest BCUT2D eigenvalue weighted by Crippen LogP contribution is 2.26. The smallest absolute Gasteiger partial charge is 0.148 e. The van der Waals surface area contributed by atoms with Crippen LogP contribution < -0.4 is 0 Å². The van der Waals surface area contributed by atoms with Gasteiger partial charge in [-0.05, 0) is 19.1 Å². The summed E-state index contributed by atoms with van der Waals surface area (Å²) in [5.41, 5.74) is 1.25. The van der Waals surface area contributed by atoms with E-state index in [2.05, 4.69) is 41.2 Å². The van der Waals surface area contributed by atoms with E-state index in [1.165, 1.54) is 11.8 Å². The van der Waals surface area contributed by atoms with E-state index in [1.807, 2.05) is 0 Å². The van der Waals surface area contributed by atoms with Gasteiger partial charge in [0.1, 0.15) is 10.2 Å². The molecule has 0 aliphatic carbocycles. The Kier molecular flexibility index (Phi) is 3.23. The molecule has 0 saturated carbocycles. The monoisotopic (exact) mass is 236 g/mol. The molecule has 76 valence electrons. The summed E-state index contributed by atoms with van der Waals surface area (Å²) in [5, 5.41) is 1.23. The second-order valence-electron chi connectivity index (χ2n) is 3.10. The van der Waals surface area contributed by atoms with Gasteiger partial charge < -0.3 is 0 Å². The molecule has 1 aromatic heterocycles. The number of rotatable bonds is 2. The maximum Gasteiger partial charge on any atom is 0.148 e. The first kappa shape index (κ1) is 10.5. The van der Waals surface area contributed by atoms with Crippen LogP contribution in [0.4, 0.5) is 0 Å². The van der Waals surface area contributed by atoms with Crippen molar-refractivity contribution in [3.63, 3.8) is 0 Å². The molecule has 0 unspecified atom stereocenters. The highest BCUT2D eigenvalue weighted by Gasteiger charge is 1.99. The molecule has 0 aliphatic rings. The highest BCUT2D eigenvalue weighted by atomic mass is 35.5. The van der Waals surface area contributed by atoms with E-state index in [0.29, 0.717) is 5.15 Å². The number of hydrogen-bond donors (Lipinski definition) is 0. The normalized spacial score (nSPS) is 10.3. The van der Waals surface area contributed by atoms with Gasteiger partial charge in [-0.25, -0.2) is 4.98 Å². The molecule has 0 N–H and O–H groups in total. The molecule has 15 heavy (non-hydrogen) atoms. The lowest BCUT2D eigenvalue weighted by molar-refractivity contribution is 1.06. The molecule has 2 rings (SSSR count). The third-order valence-electron chi connectivity index (χ3n) is 1.83. The lowest BCUT2D eigenvalue weighted by Crippen LogP contribution is -1.83. The van der Waals surface area contributed by atoms with Crippen molar-refractivity contribution in [2.75, 3.05) is 0 Å². The summed E-state index contributed by atoms with van der Waals surface area (Å²) < 4.78 is 0. The quantitative estimate of drug-likeness (QED) is 0.797. The van der Waals surface area contributed by atoms with Gasteiger partial charge in [0.2, 0.25) is 0 Å². The van der Waals surface area contributed by atoms with Gasteiger partial charge >= 0.3 is 0 Å². The summed E-state index contributed by atoms with van der Waals surface area (Å²) in [4.78, 5) is 9.28. The van der Waals surface area contributed by atoms with E-state index in [-0.39, 0.29) is 0 Å². The first-order valence-corrected chi connectivity index (χ1v) is 5.65. The van der Waals surface area contributed by atoms with E-state index >= 15 is 0 Å². The molecule has 4 heteroatoms. The Hall–Kier alpha value is -1.06. The van der Waals surface area contributed by atoms with E-state index in [0.717, 1.165) is 9.92 Å². The molecular formula is C11H9ClN2S. The maximum absolute atomic E-state index is 5.75. The second kappa shape index (κ2) is 4.64. The highest BCUT2D eigenvalue weighted by molar-refractivity contribution is 7.99. The van der Waals surface area contributed by atoms with Gasteiger partial charge in [0.25, 0.3) is 0 Å². The van der Waals surface area contributed by atoms with Crippen LogP contribution in [0.3, 0.4) is 0 Å². The molecule has 0 saturated heterocycles. The molecule has 0 atom stereocenters. The average Bonchev–Trinajstić information content (AvgIpc) is 2.22. The zero-order valence-corrected chi connectivity index (χ0v) is 9.72. The first-order chi connectivity index (χ1) is 7.24. The molecular weight excluding hydrogens is 228 g/mol. The molecule has 2 nitrogen and oxygen atoms in total. The van der Waals surface area contributed by atoms with Crippen LogP contribution in [0.5, 0.6) is 0 Å². The minimum Gasteiger partial charge on any atom is -0.259 e. The van der Waals surface area contributed by atoms with Crippen molar-refractivity contribution in [3.8, 4) is 0 Å². The molecule has 1 aromatic carbocycles. The van der Waals surface area contributed by atoms with Crippen molar-refractivity contribution >= 4 is 23.4 Å². The summed E-state index contributed by atoms with van der Waals surface area (Å²) >= 11 is 7.30. The fraction of sp³-hybridized carbons (Fsp3) is 0.0909. The van der Waals surface area contributed by atoms with E-state index in [1.54, 1.807) is 18.0 Å². The van der Waals surface area contributed by atoms with Crippen molar-refractivity contribution in [2.45, 2.75) is 16.8 Å². The molecule has 0 amide bonds. The van der Waals surface area contributed by atoms with Gasteiger partial charge in [0, 0.05) is 4.90 Å². The van der Waals surface area contributed by atoms with Crippen LogP contribution in [-0.4, -0.2) is 9.97 Å². The fourth-order valence-corrected chi connectivity index (χ4v) is 2.07. The molecule has 2 aromatic rings. The van der Waals surface area contributed by atoms with Crippen LogP contribution in [0.15, 0.2) is 46.6 Å². The Morgan fingerprint density at radius 3 is 2.53 bits per heavy atom. The van der Waals surface area contributed by atoms with Crippen LogP contribution in [0.2, 0.25) is 5.15 Å². The van der Waals surface area contributed by atoms with Gasteiger partial charge in [0.15, 0.2) is 0 Å². The van der Waals surface area contributed by atoms with Crippen molar-refractivity contribution in [1.82, 2.24) is 9.97 Å². The average molecular weight is 237 g/mol. The number of halogens is 1. The SMILES string of the molecule is Cc1ccc(Sc2cncc(Cl)n2)cc1.